The summed E-state index contributed by atoms with van der Waals surface area (Å²) >= 11 is 23.2. The van der Waals surface area contributed by atoms with Gasteiger partial charge in [-0.15, -0.1) is 0 Å². The first-order valence-electron chi connectivity index (χ1n) is 10.3. The topological polar surface area (TPSA) is 102 Å². The summed E-state index contributed by atoms with van der Waals surface area (Å²) in [6.07, 6.45) is -5.93. The summed E-state index contributed by atoms with van der Waals surface area (Å²) in [7, 11) is 0. The van der Waals surface area contributed by atoms with E-state index in [1.807, 2.05) is 0 Å². The second-order valence-corrected chi connectivity index (χ2v) is 9.17. The number of carbonyl (C=O) groups is 2. The van der Waals surface area contributed by atoms with Crippen molar-refractivity contribution in [2.24, 2.45) is 0 Å². The predicted molar refractivity (Wildman–Crippen MR) is 133 cm³/mol. The number of carbonyl (C=O) groups excluding carboxylic acids is 2. The highest BCUT2D eigenvalue weighted by Gasteiger charge is 2.31. The summed E-state index contributed by atoms with van der Waals surface area (Å²) in [4.78, 5) is 25.0. The quantitative estimate of drug-likeness (QED) is 0.259. The van der Waals surface area contributed by atoms with Gasteiger partial charge >= 0.3 is 18.1 Å². The van der Waals surface area contributed by atoms with Crippen LogP contribution in [0.1, 0.15) is 26.3 Å². The van der Waals surface area contributed by atoms with Gasteiger partial charge in [0.05, 0.1) is 36.8 Å². The van der Waals surface area contributed by atoms with Crippen LogP contribution in [0.5, 0.6) is 17.2 Å². The summed E-state index contributed by atoms with van der Waals surface area (Å²) in [5.41, 5.74) is -1.27. The molecule has 7 nitrogen and oxygen atoms in total. The molecule has 38 heavy (non-hydrogen) atoms. The van der Waals surface area contributed by atoms with E-state index in [1.165, 1.54) is 6.07 Å². The average molecular weight is 614 g/mol. The van der Waals surface area contributed by atoms with Crippen LogP contribution >= 0.6 is 46.4 Å². The molecule has 3 aromatic carbocycles. The SMILES string of the molecule is O=C(OCC(COC(=O)c1cc(Cl)c(O)c(Cl)c1)Oc1cccc(C(F)(F)F)c1)c1cc(Cl)c(O)c(Cl)c1. The Labute approximate surface area is 233 Å². The molecule has 0 aromatic heterocycles. The van der Waals surface area contributed by atoms with Crippen LogP contribution in [0, 0.1) is 0 Å². The number of aromatic hydroxyl groups is 2. The molecule has 2 N–H and O–H groups in total. The smallest absolute Gasteiger partial charge is 0.416 e. The molecule has 0 bridgehead atoms. The normalized spacial score (nSPS) is 11.4. The summed E-state index contributed by atoms with van der Waals surface area (Å²) in [5, 5.41) is 18.4. The number of alkyl halides is 3. The first-order chi connectivity index (χ1) is 17.8. The van der Waals surface area contributed by atoms with Gasteiger partial charge in [0.15, 0.2) is 17.6 Å². The lowest BCUT2D eigenvalue weighted by molar-refractivity contribution is -0.137. The van der Waals surface area contributed by atoms with Gasteiger partial charge < -0.3 is 24.4 Å². The van der Waals surface area contributed by atoms with E-state index in [9.17, 15) is 33.0 Å². The molecule has 3 rings (SSSR count). The molecule has 0 aliphatic rings. The number of benzene rings is 3. The fourth-order valence-electron chi connectivity index (χ4n) is 2.93. The average Bonchev–Trinajstić information content (AvgIpc) is 2.86. The standard InChI is InChI=1S/C24H15Cl4F3O7/c25-16-4-11(5-17(26)20(16)32)22(34)36-9-15(38-14-3-1-2-13(8-14)24(29,30)31)10-37-23(35)12-6-18(27)21(33)19(28)7-12/h1-8,15,32-33H,9-10H2. The molecule has 0 saturated carbocycles. The molecular formula is C24H15Cl4F3O7. The predicted octanol–water partition coefficient (Wildman–Crippen LogP) is 7.19. The Kier molecular flexibility index (Phi) is 9.48. The van der Waals surface area contributed by atoms with Gasteiger partial charge in [0.1, 0.15) is 19.0 Å². The zero-order valence-corrected chi connectivity index (χ0v) is 21.7. The van der Waals surface area contributed by atoms with Crippen molar-refractivity contribution in [1.82, 2.24) is 0 Å². The van der Waals surface area contributed by atoms with Crippen LogP contribution in [0.25, 0.3) is 0 Å². The maximum absolute atomic E-state index is 13.1. The monoisotopic (exact) mass is 612 g/mol. The summed E-state index contributed by atoms with van der Waals surface area (Å²) in [6, 6.07) is 8.24. The Bertz CT molecular complexity index is 1250. The maximum Gasteiger partial charge on any atom is 0.416 e. The zero-order valence-electron chi connectivity index (χ0n) is 18.7. The van der Waals surface area contributed by atoms with E-state index in [0.717, 1.165) is 42.5 Å². The molecule has 0 unspecified atom stereocenters. The molecule has 0 aliphatic heterocycles. The number of phenols is 2. The lowest BCUT2D eigenvalue weighted by Crippen LogP contribution is -2.31. The molecule has 0 atom stereocenters. The van der Waals surface area contributed by atoms with Crippen molar-refractivity contribution in [3.05, 3.63) is 85.3 Å². The van der Waals surface area contributed by atoms with Crippen LogP contribution < -0.4 is 4.74 Å². The number of esters is 2. The molecular weight excluding hydrogens is 599 g/mol. The Balaban J connectivity index is 1.78. The number of rotatable bonds is 8. The molecule has 202 valence electrons. The van der Waals surface area contributed by atoms with Crippen LogP contribution in [0.15, 0.2) is 48.5 Å². The second-order valence-electron chi connectivity index (χ2n) is 7.54. The van der Waals surface area contributed by atoms with Crippen molar-refractivity contribution in [2.45, 2.75) is 12.3 Å². The van der Waals surface area contributed by atoms with E-state index in [-0.39, 0.29) is 37.0 Å². The third-order valence-corrected chi connectivity index (χ3v) is 5.92. The van der Waals surface area contributed by atoms with Crippen molar-refractivity contribution in [3.8, 4) is 17.2 Å². The Hall–Kier alpha value is -3.05. The Morgan fingerprint density at radius 2 is 1.18 bits per heavy atom. The Morgan fingerprint density at radius 1 is 0.763 bits per heavy atom. The molecule has 0 saturated heterocycles. The summed E-state index contributed by atoms with van der Waals surface area (Å²) in [6.45, 7) is -1.18. The highest BCUT2D eigenvalue weighted by atomic mass is 35.5. The van der Waals surface area contributed by atoms with Gasteiger partial charge in [0.25, 0.3) is 0 Å². The van der Waals surface area contributed by atoms with Gasteiger partial charge in [-0.2, -0.15) is 13.2 Å². The third-order valence-electron chi connectivity index (χ3n) is 4.77. The van der Waals surface area contributed by atoms with Crippen LogP contribution in [-0.2, 0) is 15.7 Å². The van der Waals surface area contributed by atoms with E-state index < -0.39 is 54.5 Å². The van der Waals surface area contributed by atoms with E-state index >= 15 is 0 Å². The zero-order chi connectivity index (χ0) is 28.2. The van der Waals surface area contributed by atoms with Gasteiger partial charge in [-0.05, 0) is 42.5 Å². The molecule has 0 fully saturated rings. The number of ether oxygens (including phenoxy) is 3. The minimum absolute atomic E-state index is 0.138. The molecule has 0 aliphatic carbocycles. The van der Waals surface area contributed by atoms with E-state index in [4.69, 9.17) is 60.6 Å². The van der Waals surface area contributed by atoms with Crippen LogP contribution in [0.2, 0.25) is 20.1 Å². The van der Waals surface area contributed by atoms with Gasteiger partial charge in [0.2, 0.25) is 0 Å². The first-order valence-corrected chi connectivity index (χ1v) is 11.8. The highest BCUT2D eigenvalue weighted by Crippen LogP contribution is 2.34. The van der Waals surface area contributed by atoms with Crippen LogP contribution in [0.3, 0.4) is 0 Å². The molecule has 3 aromatic rings. The fourth-order valence-corrected chi connectivity index (χ4v) is 3.90. The van der Waals surface area contributed by atoms with Gasteiger partial charge in [-0.25, -0.2) is 9.59 Å². The minimum atomic E-state index is -4.65. The highest BCUT2D eigenvalue weighted by molar-refractivity contribution is 6.38. The van der Waals surface area contributed by atoms with Crippen molar-refractivity contribution >= 4 is 58.3 Å². The van der Waals surface area contributed by atoms with Crippen molar-refractivity contribution in [3.63, 3.8) is 0 Å². The molecule has 0 heterocycles. The molecule has 14 heteroatoms. The Morgan fingerprint density at radius 3 is 1.58 bits per heavy atom. The maximum atomic E-state index is 13.1. The number of halogens is 7. The molecule has 0 amide bonds. The summed E-state index contributed by atoms with van der Waals surface area (Å²) < 4.78 is 55.1. The fraction of sp³-hybridized carbons (Fsp3) is 0.167. The van der Waals surface area contributed by atoms with E-state index in [0.29, 0.717) is 0 Å². The lowest BCUT2D eigenvalue weighted by atomic mass is 10.2. The second kappa shape index (κ2) is 12.2. The van der Waals surface area contributed by atoms with Crippen molar-refractivity contribution < 1.29 is 47.2 Å². The van der Waals surface area contributed by atoms with Crippen molar-refractivity contribution in [2.75, 3.05) is 13.2 Å². The number of hydrogen-bond acceptors (Lipinski definition) is 7. The summed E-state index contributed by atoms with van der Waals surface area (Å²) in [5.74, 6) is -3.07. The van der Waals surface area contributed by atoms with Gasteiger partial charge in [-0.1, -0.05) is 52.5 Å². The van der Waals surface area contributed by atoms with Crippen molar-refractivity contribution in [1.29, 1.82) is 0 Å². The van der Waals surface area contributed by atoms with E-state index in [2.05, 4.69) is 0 Å². The number of phenolic OH excluding ortho intramolecular Hbond substituents is 2. The van der Waals surface area contributed by atoms with Crippen LogP contribution in [-0.4, -0.2) is 41.5 Å². The number of hydrogen-bond donors (Lipinski definition) is 2. The first kappa shape index (κ1) is 29.5. The largest absolute Gasteiger partial charge is 0.505 e. The van der Waals surface area contributed by atoms with E-state index in [1.54, 1.807) is 0 Å². The molecule has 0 radical (unpaired) electrons. The lowest BCUT2D eigenvalue weighted by Gasteiger charge is -2.20. The third kappa shape index (κ3) is 7.50. The minimum Gasteiger partial charge on any atom is -0.505 e. The van der Waals surface area contributed by atoms with Crippen LogP contribution in [0.4, 0.5) is 13.2 Å². The molecule has 0 spiro atoms. The van der Waals surface area contributed by atoms with Gasteiger partial charge in [0, 0.05) is 0 Å². The van der Waals surface area contributed by atoms with Gasteiger partial charge in [-0.3, -0.25) is 0 Å².